The van der Waals surface area contributed by atoms with Gasteiger partial charge in [0.1, 0.15) is 5.82 Å². The maximum atomic E-state index is 14.2. The van der Waals surface area contributed by atoms with Gasteiger partial charge in [0, 0.05) is 18.7 Å². The average molecular weight is 434 g/mol. The summed E-state index contributed by atoms with van der Waals surface area (Å²) in [6, 6.07) is 18.0. The van der Waals surface area contributed by atoms with Crippen molar-refractivity contribution in [2.45, 2.75) is 16.6 Å². The first-order valence-electron chi connectivity index (χ1n) is 9.24. The van der Waals surface area contributed by atoms with Crippen LogP contribution < -0.4 is 0 Å². The average Bonchev–Trinajstić information content (AvgIpc) is 2.86. The molecule has 29 heavy (non-hydrogen) atoms. The molecule has 1 unspecified atom stereocenters. The van der Waals surface area contributed by atoms with Crippen molar-refractivity contribution < 1.29 is 21.2 Å². The minimum absolute atomic E-state index is 0.00733. The molecule has 0 amide bonds. The molecule has 0 aliphatic carbocycles. The van der Waals surface area contributed by atoms with Crippen LogP contribution in [-0.4, -0.2) is 40.0 Å². The lowest BCUT2D eigenvalue weighted by Gasteiger charge is -2.20. The smallest absolute Gasteiger partial charge is 0.228 e. The summed E-state index contributed by atoms with van der Waals surface area (Å²) in [6.45, 7) is -0.143. The molecule has 1 aliphatic rings. The van der Waals surface area contributed by atoms with Gasteiger partial charge in [0.15, 0.2) is 9.84 Å². The van der Waals surface area contributed by atoms with Crippen molar-refractivity contribution in [3.8, 4) is 0 Å². The number of hydrogen-bond acceptors (Lipinski definition) is 4. The molecule has 0 bridgehead atoms. The van der Waals surface area contributed by atoms with Gasteiger partial charge in [-0.25, -0.2) is 21.2 Å². The molecule has 1 saturated heterocycles. The molecule has 0 spiro atoms. The molecule has 0 saturated carbocycles. The Morgan fingerprint density at radius 1 is 0.897 bits per heavy atom. The summed E-state index contributed by atoms with van der Waals surface area (Å²) in [4.78, 5) is 0.123. The van der Waals surface area contributed by atoms with Gasteiger partial charge in [-0.1, -0.05) is 48.5 Å². The van der Waals surface area contributed by atoms with E-state index >= 15 is 0 Å². The molecule has 0 radical (unpaired) electrons. The fourth-order valence-electron chi connectivity index (χ4n) is 3.73. The first-order chi connectivity index (χ1) is 13.8. The molecule has 1 heterocycles. The van der Waals surface area contributed by atoms with E-state index in [4.69, 9.17) is 0 Å². The van der Waals surface area contributed by atoms with Gasteiger partial charge in [0.25, 0.3) is 0 Å². The van der Waals surface area contributed by atoms with Gasteiger partial charge in [-0.15, -0.1) is 0 Å². The summed E-state index contributed by atoms with van der Waals surface area (Å²) < 4.78 is 67.2. The van der Waals surface area contributed by atoms with Gasteiger partial charge in [-0.2, -0.15) is 4.31 Å². The van der Waals surface area contributed by atoms with E-state index in [0.717, 1.165) is 10.8 Å². The highest BCUT2D eigenvalue weighted by Gasteiger charge is 2.36. The second-order valence-corrected chi connectivity index (χ2v) is 11.3. The summed E-state index contributed by atoms with van der Waals surface area (Å²) in [5.41, 5.74) is 0.0949. The summed E-state index contributed by atoms with van der Waals surface area (Å²) in [6.07, 6.45) is 0.01000. The summed E-state index contributed by atoms with van der Waals surface area (Å²) in [5, 5.41) is 0.658. The van der Waals surface area contributed by atoms with Crippen molar-refractivity contribution >= 4 is 30.6 Å². The van der Waals surface area contributed by atoms with Crippen molar-refractivity contribution in [2.75, 3.05) is 18.8 Å². The minimum Gasteiger partial charge on any atom is -0.228 e. The van der Waals surface area contributed by atoms with Crippen molar-refractivity contribution in [2.24, 2.45) is 0 Å². The van der Waals surface area contributed by atoms with E-state index in [2.05, 4.69) is 0 Å². The van der Waals surface area contributed by atoms with Crippen LogP contribution in [0.1, 0.15) is 17.2 Å². The third kappa shape index (κ3) is 3.80. The molecule has 3 aromatic carbocycles. The van der Waals surface area contributed by atoms with Gasteiger partial charge in [0.2, 0.25) is 10.0 Å². The largest absolute Gasteiger partial charge is 0.243 e. The first-order valence-corrected chi connectivity index (χ1v) is 12.4. The number of nitrogens with zero attached hydrogens (tertiary/aromatic N) is 1. The normalized spacial score (nSPS) is 20.4. The molecular formula is C21H20FNO4S2. The maximum absolute atomic E-state index is 14.2. The molecule has 0 aromatic heterocycles. The number of rotatable bonds is 3. The predicted octanol–water partition coefficient (Wildman–Crippen LogP) is 3.53. The van der Waals surface area contributed by atoms with Crippen LogP contribution in [0.2, 0.25) is 0 Å². The van der Waals surface area contributed by atoms with Crippen LogP contribution in [0.5, 0.6) is 0 Å². The minimum atomic E-state index is -3.87. The van der Waals surface area contributed by atoms with E-state index < -0.39 is 30.9 Å². The fourth-order valence-corrected chi connectivity index (χ4v) is 7.14. The fraction of sp³-hybridized carbons (Fsp3) is 0.238. The van der Waals surface area contributed by atoms with Crippen molar-refractivity contribution in [1.82, 2.24) is 4.31 Å². The van der Waals surface area contributed by atoms with E-state index in [1.165, 1.54) is 28.6 Å². The summed E-state index contributed by atoms with van der Waals surface area (Å²) >= 11 is 0. The third-order valence-corrected chi connectivity index (χ3v) is 9.31. The topological polar surface area (TPSA) is 71.5 Å². The number of halogens is 1. The Balaban J connectivity index is 1.67. The van der Waals surface area contributed by atoms with Gasteiger partial charge in [-0.3, -0.25) is 0 Å². The zero-order valence-corrected chi connectivity index (χ0v) is 17.2. The zero-order valence-electron chi connectivity index (χ0n) is 15.5. The highest BCUT2D eigenvalue weighted by atomic mass is 32.2. The lowest BCUT2D eigenvalue weighted by molar-refractivity contribution is 0.427. The SMILES string of the molecule is O=S1(=O)CCN(S(=O)(=O)c2ccc3ccccc3c2)CCC1c1ccccc1F. The zero-order chi connectivity index (χ0) is 20.6. The Morgan fingerprint density at radius 3 is 2.34 bits per heavy atom. The summed E-state index contributed by atoms with van der Waals surface area (Å²) in [7, 11) is -7.56. The van der Waals surface area contributed by atoms with Gasteiger partial charge >= 0.3 is 0 Å². The lowest BCUT2D eigenvalue weighted by Crippen LogP contribution is -2.33. The molecule has 0 N–H and O–H groups in total. The van der Waals surface area contributed by atoms with Crippen LogP contribution in [0.4, 0.5) is 4.39 Å². The second kappa shape index (κ2) is 7.51. The number of sulfonamides is 1. The maximum Gasteiger partial charge on any atom is 0.243 e. The number of benzene rings is 3. The van der Waals surface area contributed by atoms with E-state index in [1.807, 2.05) is 24.3 Å². The van der Waals surface area contributed by atoms with Crippen molar-refractivity contribution in [1.29, 1.82) is 0 Å². The molecule has 1 atom stereocenters. The lowest BCUT2D eigenvalue weighted by atomic mass is 10.1. The van der Waals surface area contributed by atoms with Crippen LogP contribution in [0, 0.1) is 5.82 Å². The van der Waals surface area contributed by atoms with Crippen LogP contribution >= 0.6 is 0 Å². The molecule has 5 nitrogen and oxygen atoms in total. The third-order valence-electron chi connectivity index (χ3n) is 5.31. The van der Waals surface area contributed by atoms with Gasteiger partial charge in [-0.05, 0) is 35.4 Å². The Bertz CT molecular complexity index is 1270. The second-order valence-electron chi connectivity index (χ2n) is 7.08. The van der Waals surface area contributed by atoms with Crippen molar-refractivity contribution in [3.63, 3.8) is 0 Å². The van der Waals surface area contributed by atoms with Crippen molar-refractivity contribution in [3.05, 3.63) is 78.1 Å². The molecule has 3 aromatic rings. The quantitative estimate of drug-likeness (QED) is 0.634. The first kappa shape index (κ1) is 20.0. The number of fused-ring (bicyclic) bond motifs is 1. The standard InChI is InChI=1S/C21H20FNO4S2/c22-20-8-4-3-7-19(20)21-11-12-23(13-14-28(21,24)25)29(26,27)18-10-9-16-5-1-2-6-17(16)15-18/h1-10,15,21H,11-14H2. The van der Waals surface area contributed by atoms with Crippen LogP contribution in [0.15, 0.2) is 71.6 Å². The Hall–Kier alpha value is -2.29. The predicted molar refractivity (Wildman–Crippen MR) is 110 cm³/mol. The van der Waals surface area contributed by atoms with Crippen LogP contribution in [0.3, 0.4) is 0 Å². The van der Waals surface area contributed by atoms with Crippen LogP contribution in [-0.2, 0) is 19.9 Å². The molecule has 4 rings (SSSR count). The van der Waals surface area contributed by atoms with E-state index in [-0.39, 0.29) is 35.7 Å². The molecule has 8 heteroatoms. The monoisotopic (exact) mass is 433 g/mol. The molecule has 1 aliphatic heterocycles. The van der Waals surface area contributed by atoms with E-state index in [9.17, 15) is 21.2 Å². The number of sulfone groups is 1. The Kier molecular flexibility index (Phi) is 5.18. The van der Waals surface area contributed by atoms with E-state index in [1.54, 1.807) is 18.2 Å². The Labute approximate surface area is 169 Å². The van der Waals surface area contributed by atoms with Crippen LogP contribution in [0.25, 0.3) is 10.8 Å². The summed E-state index contributed by atoms with van der Waals surface area (Å²) in [5.74, 6) is -0.939. The highest BCUT2D eigenvalue weighted by molar-refractivity contribution is 7.92. The van der Waals surface area contributed by atoms with E-state index in [0.29, 0.717) is 0 Å². The number of hydrogen-bond donors (Lipinski definition) is 0. The Morgan fingerprint density at radius 2 is 1.59 bits per heavy atom. The molecule has 152 valence electrons. The molecular weight excluding hydrogens is 413 g/mol. The molecule has 1 fully saturated rings. The van der Waals surface area contributed by atoms with Gasteiger partial charge < -0.3 is 0 Å². The highest BCUT2D eigenvalue weighted by Crippen LogP contribution is 2.33. The van der Waals surface area contributed by atoms with Gasteiger partial charge in [0.05, 0.1) is 15.9 Å².